The van der Waals surface area contributed by atoms with E-state index in [-0.39, 0.29) is 17.4 Å². The van der Waals surface area contributed by atoms with E-state index in [0.717, 1.165) is 11.3 Å². The predicted molar refractivity (Wildman–Crippen MR) is 88.1 cm³/mol. The molecule has 2 aromatic rings. The Bertz CT molecular complexity index is 714. The topological polar surface area (TPSA) is 97.1 Å². The summed E-state index contributed by atoms with van der Waals surface area (Å²) in [6.45, 7) is 4.15. The van der Waals surface area contributed by atoms with Crippen molar-refractivity contribution in [1.29, 1.82) is 0 Å². The van der Waals surface area contributed by atoms with Crippen LogP contribution in [0.25, 0.3) is 5.69 Å². The third-order valence-electron chi connectivity index (χ3n) is 3.11. The van der Waals surface area contributed by atoms with Gasteiger partial charge in [0.25, 0.3) is 5.91 Å². The molecule has 0 aliphatic rings. The molecule has 0 aliphatic carbocycles. The van der Waals surface area contributed by atoms with Crippen LogP contribution in [0.15, 0.2) is 24.3 Å². The van der Waals surface area contributed by atoms with Crippen LogP contribution < -0.4 is 5.32 Å². The molecule has 0 unspecified atom stereocenters. The summed E-state index contributed by atoms with van der Waals surface area (Å²) in [6, 6.07) is 7.77. The Morgan fingerprint density at radius 1 is 1.35 bits per heavy atom. The molecule has 1 heterocycles. The van der Waals surface area contributed by atoms with Crippen LogP contribution in [0.3, 0.4) is 0 Å². The molecule has 122 valence electrons. The van der Waals surface area contributed by atoms with E-state index in [1.807, 2.05) is 31.2 Å². The molecule has 23 heavy (non-hydrogen) atoms. The number of thioether (sulfide) groups is 1. The minimum absolute atomic E-state index is 0.0262. The number of amides is 1. The maximum atomic E-state index is 12.1. The van der Waals surface area contributed by atoms with E-state index in [1.54, 1.807) is 11.6 Å². The second kappa shape index (κ2) is 7.77. The molecule has 0 aliphatic heterocycles. The number of hydrogen-bond acceptors (Lipinski definition) is 5. The number of aryl methyl sites for hydroxylation is 1. The Hall–Kier alpha value is -2.35. The number of hydrogen-bond donors (Lipinski definition) is 2. The summed E-state index contributed by atoms with van der Waals surface area (Å²) in [5.41, 5.74) is 2.88. The first-order valence-electron chi connectivity index (χ1n) is 7.06. The average Bonchev–Trinajstić information content (AvgIpc) is 2.88. The molecule has 0 fully saturated rings. The Labute approximate surface area is 138 Å². The van der Waals surface area contributed by atoms with Gasteiger partial charge >= 0.3 is 5.97 Å². The van der Waals surface area contributed by atoms with Gasteiger partial charge in [0.15, 0.2) is 5.69 Å². The number of benzene rings is 1. The summed E-state index contributed by atoms with van der Waals surface area (Å²) >= 11 is 1.25. The molecule has 0 radical (unpaired) electrons. The van der Waals surface area contributed by atoms with Gasteiger partial charge < -0.3 is 10.4 Å². The lowest BCUT2D eigenvalue weighted by Gasteiger charge is -2.05. The largest absolute Gasteiger partial charge is 0.481 e. The number of carboxylic acid groups (broad SMARTS) is 1. The fraction of sp³-hybridized carbons (Fsp3) is 0.333. The fourth-order valence-corrected chi connectivity index (χ4v) is 2.59. The molecule has 7 nitrogen and oxygen atoms in total. The number of carbonyl (C=O) groups excluding carboxylic acids is 1. The first kappa shape index (κ1) is 17.0. The van der Waals surface area contributed by atoms with Gasteiger partial charge in [0.1, 0.15) is 0 Å². The lowest BCUT2D eigenvalue weighted by molar-refractivity contribution is -0.133. The first-order chi connectivity index (χ1) is 11.0. The lowest BCUT2D eigenvalue weighted by atomic mass is 10.2. The lowest BCUT2D eigenvalue weighted by Crippen LogP contribution is -2.27. The number of rotatable bonds is 7. The average molecular weight is 334 g/mol. The molecule has 1 aromatic heterocycles. The van der Waals surface area contributed by atoms with Crippen molar-refractivity contribution in [1.82, 2.24) is 20.3 Å². The maximum absolute atomic E-state index is 12.1. The number of carboxylic acids is 1. The van der Waals surface area contributed by atoms with Crippen LogP contribution in [-0.4, -0.2) is 50.0 Å². The van der Waals surface area contributed by atoms with Gasteiger partial charge in [-0.1, -0.05) is 17.3 Å². The van der Waals surface area contributed by atoms with Crippen LogP contribution in [0.4, 0.5) is 0 Å². The summed E-state index contributed by atoms with van der Waals surface area (Å²) in [7, 11) is 0. The van der Waals surface area contributed by atoms with E-state index >= 15 is 0 Å². The van der Waals surface area contributed by atoms with Gasteiger partial charge in [0.2, 0.25) is 0 Å². The number of nitrogens with zero attached hydrogens (tertiary/aromatic N) is 3. The van der Waals surface area contributed by atoms with E-state index in [9.17, 15) is 9.59 Å². The molecule has 0 bridgehead atoms. The Kier molecular flexibility index (Phi) is 5.75. The molecule has 2 N–H and O–H groups in total. The van der Waals surface area contributed by atoms with Crippen LogP contribution in [0, 0.1) is 13.8 Å². The number of aromatic nitrogens is 3. The van der Waals surface area contributed by atoms with Crippen molar-refractivity contribution in [3.8, 4) is 5.69 Å². The highest BCUT2D eigenvalue weighted by Gasteiger charge is 2.16. The molecule has 0 saturated carbocycles. The van der Waals surface area contributed by atoms with Crippen molar-refractivity contribution in [2.45, 2.75) is 13.8 Å². The van der Waals surface area contributed by atoms with Crippen molar-refractivity contribution >= 4 is 23.6 Å². The third-order valence-corrected chi connectivity index (χ3v) is 4.06. The molecule has 1 aromatic carbocycles. The second-order valence-corrected chi connectivity index (χ2v) is 6.08. The smallest absolute Gasteiger partial charge is 0.313 e. The van der Waals surface area contributed by atoms with E-state index in [0.29, 0.717) is 18.0 Å². The number of carbonyl (C=O) groups is 2. The summed E-state index contributed by atoms with van der Waals surface area (Å²) < 4.78 is 1.63. The van der Waals surface area contributed by atoms with Crippen molar-refractivity contribution in [3.05, 3.63) is 41.2 Å². The van der Waals surface area contributed by atoms with Gasteiger partial charge in [-0.3, -0.25) is 9.59 Å². The Balaban J connectivity index is 1.98. The molecular formula is C15H18N4O3S. The highest BCUT2D eigenvalue weighted by atomic mass is 32.2. The highest BCUT2D eigenvalue weighted by molar-refractivity contribution is 7.99. The summed E-state index contributed by atoms with van der Waals surface area (Å²) in [6.07, 6.45) is 0. The Morgan fingerprint density at radius 2 is 2.13 bits per heavy atom. The van der Waals surface area contributed by atoms with Gasteiger partial charge in [-0.2, -0.15) is 0 Å². The SMILES string of the molecule is Cc1cccc(-n2nnc(C(=O)NCCSCC(=O)O)c2C)c1. The quantitative estimate of drug-likeness (QED) is 0.744. The van der Waals surface area contributed by atoms with E-state index in [1.165, 1.54) is 11.8 Å². The van der Waals surface area contributed by atoms with Gasteiger partial charge in [-0.05, 0) is 31.5 Å². The summed E-state index contributed by atoms with van der Waals surface area (Å²) in [5.74, 6) is -0.614. The van der Waals surface area contributed by atoms with Gasteiger partial charge in [0, 0.05) is 12.3 Å². The minimum Gasteiger partial charge on any atom is -0.481 e. The van der Waals surface area contributed by atoms with E-state index in [2.05, 4.69) is 15.6 Å². The van der Waals surface area contributed by atoms with Gasteiger partial charge in [0.05, 0.1) is 17.1 Å². The normalized spacial score (nSPS) is 10.5. The van der Waals surface area contributed by atoms with Crippen molar-refractivity contribution in [2.75, 3.05) is 18.1 Å². The molecular weight excluding hydrogens is 316 g/mol. The van der Waals surface area contributed by atoms with Crippen molar-refractivity contribution in [3.63, 3.8) is 0 Å². The van der Waals surface area contributed by atoms with Crippen LogP contribution in [0.5, 0.6) is 0 Å². The molecule has 1 amide bonds. The van der Waals surface area contributed by atoms with Crippen molar-refractivity contribution < 1.29 is 14.7 Å². The number of nitrogens with one attached hydrogen (secondary N) is 1. The molecule has 2 rings (SSSR count). The zero-order valence-electron chi connectivity index (χ0n) is 12.9. The predicted octanol–water partition coefficient (Wildman–Crippen LogP) is 1.43. The molecule has 0 atom stereocenters. The number of aliphatic carboxylic acids is 1. The Morgan fingerprint density at radius 3 is 2.83 bits per heavy atom. The van der Waals surface area contributed by atoms with Crippen LogP contribution >= 0.6 is 11.8 Å². The van der Waals surface area contributed by atoms with Gasteiger partial charge in [-0.25, -0.2) is 4.68 Å². The zero-order valence-corrected chi connectivity index (χ0v) is 13.8. The zero-order chi connectivity index (χ0) is 16.8. The van der Waals surface area contributed by atoms with Crippen LogP contribution in [0.2, 0.25) is 0 Å². The van der Waals surface area contributed by atoms with Crippen LogP contribution in [-0.2, 0) is 4.79 Å². The second-order valence-electron chi connectivity index (χ2n) is 4.98. The van der Waals surface area contributed by atoms with Crippen LogP contribution in [0.1, 0.15) is 21.7 Å². The maximum Gasteiger partial charge on any atom is 0.313 e. The molecule has 0 saturated heterocycles. The molecule has 8 heteroatoms. The minimum atomic E-state index is -0.863. The standard InChI is InChI=1S/C15H18N4O3S/c1-10-4-3-5-12(8-10)19-11(2)14(17-18-19)15(22)16-6-7-23-9-13(20)21/h3-5,8H,6-7,9H2,1-2H3,(H,16,22)(H,20,21). The summed E-state index contributed by atoms with van der Waals surface area (Å²) in [4.78, 5) is 22.5. The fourth-order valence-electron chi connectivity index (χ4n) is 2.02. The van der Waals surface area contributed by atoms with E-state index < -0.39 is 5.97 Å². The monoisotopic (exact) mass is 334 g/mol. The first-order valence-corrected chi connectivity index (χ1v) is 8.21. The highest BCUT2D eigenvalue weighted by Crippen LogP contribution is 2.13. The van der Waals surface area contributed by atoms with Crippen molar-refractivity contribution in [2.24, 2.45) is 0 Å². The van der Waals surface area contributed by atoms with Gasteiger partial charge in [-0.15, -0.1) is 16.9 Å². The summed E-state index contributed by atoms with van der Waals surface area (Å²) in [5, 5.41) is 19.2. The molecule has 0 spiro atoms. The third kappa shape index (κ3) is 4.56. The van der Waals surface area contributed by atoms with E-state index in [4.69, 9.17) is 5.11 Å².